The van der Waals surface area contributed by atoms with Crippen LogP contribution in [-0.4, -0.2) is 26.2 Å². The fourth-order valence-electron chi connectivity index (χ4n) is 6.20. The van der Waals surface area contributed by atoms with Gasteiger partial charge in [0, 0.05) is 6.04 Å². The van der Waals surface area contributed by atoms with Crippen LogP contribution in [0.15, 0.2) is 18.2 Å². The smallest absolute Gasteiger partial charge is 0.259 e. The van der Waals surface area contributed by atoms with Crippen molar-refractivity contribution >= 4 is 5.91 Å². The number of hydrogen-bond acceptors (Lipinski definition) is 3. The van der Waals surface area contributed by atoms with E-state index in [1.54, 1.807) is 14.2 Å². The number of carbonyl (C=O) groups is 1. The highest BCUT2D eigenvalue weighted by atomic mass is 16.5. The van der Waals surface area contributed by atoms with E-state index in [9.17, 15) is 4.79 Å². The third-order valence-corrected chi connectivity index (χ3v) is 7.01. The molecule has 1 aromatic carbocycles. The fraction of sp³-hybridized carbons (Fsp3) is 0.667. The van der Waals surface area contributed by atoms with Crippen molar-refractivity contribution < 1.29 is 14.3 Å². The largest absolute Gasteiger partial charge is 0.496 e. The van der Waals surface area contributed by atoms with E-state index >= 15 is 0 Å². The van der Waals surface area contributed by atoms with Crippen molar-refractivity contribution in [3.8, 4) is 11.5 Å². The third kappa shape index (κ3) is 2.80. The van der Waals surface area contributed by atoms with Crippen molar-refractivity contribution in [3.63, 3.8) is 0 Å². The van der Waals surface area contributed by atoms with Gasteiger partial charge in [0.15, 0.2) is 0 Å². The van der Waals surface area contributed by atoms with E-state index in [4.69, 9.17) is 9.47 Å². The number of carbonyl (C=O) groups excluding carboxylic acids is 1. The van der Waals surface area contributed by atoms with Crippen LogP contribution in [0, 0.1) is 23.2 Å². The van der Waals surface area contributed by atoms with Gasteiger partial charge in [0.1, 0.15) is 17.1 Å². The van der Waals surface area contributed by atoms with Gasteiger partial charge in [-0.25, -0.2) is 0 Å². The highest BCUT2D eigenvalue weighted by Crippen LogP contribution is 2.61. The highest BCUT2D eigenvalue weighted by Gasteiger charge is 2.53. The molecule has 4 saturated carbocycles. The normalized spacial score (nSPS) is 33.8. The molecule has 1 atom stereocenters. The number of methoxy groups -OCH3 is 2. The van der Waals surface area contributed by atoms with Gasteiger partial charge in [-0.1, -0.05) is 6.07 Å². The molecule has 25 heavy (non-hydrogen) atoms. The zero-order valence-electron chi connectivity index (χ0n) is 15.5. The average Bonchev–Trinajstić information content (AvgIpc) is 2.59. The van der Waals surface area contributed by atoms with Gasteiger partial charge in [-0.15, -0.1) is 0 Å². The first-order chi connectivity index (χ1) is 12.0. The summed E-state index contributed by atoms with van der Waals surface area (Å²) >= 11 is 0. The van der Waals surface area contributed by atoms with Gasteiger partial charge in [0.25, 0.3) is 5.91 Å². The van der Waals surface area contributed by atoms with E-state index in [1.807, 2.05) is 18.2 Å². The van der Waals surface area contributed by atoms with E-state index in [2.05, 4.69) is 12.2 Å². The van der Waals surface area contributed by atoms with E-state index in [1.165, 1.54) is 38.5 Å². The molecule has 4 fully saturated rings. The molecule has 0 unspecified atom stereocenters. The van der Waals surface area contributed by atoms with Crippen LogP contribution in [0.3, 0.4) is 0 Å². The minimum atomic E-state index is -0.0856. The number of amides is 1. The maximum Gasteiger partial charge on any atom is 0.259 e. The molecule has 1 aromatic rings. The molecule has 0 spiro atoms. The molecule has 4 aliphatic rings. The van der Waals surface area contributed by atoms with Crippen molar-refractivity contribution in [3.05, 3.63) is 23.8 Å². The summed E-state index contributed by atoms with van der Waals surface area (Å²) < 4.78 is 10.8. The van der Waals surface area contributed by atoms with Crippen LogP contribution in [0.5, 0.6) is 11.5 Å². The van der Waals surface area contributed by atoms with Gasteiger partial charge < -0.3 is 14.8 Å². The molecular formula is C21H29NO3. The molecule has 1 N–H and O–H groups in total. The van der Waals surface area contributed by atoms with Crippen LogP contribution in [0.4, 0.5) is 0 Å². The number of ether oxygens (including phenoxy) is 2. The molecular weight excluding hydrogens is 314 g/mol. The van der Waals surface area contributed by atoms with Crippen molar-refractivity contribution in [2.45, 2.75) is 51.5 Å². The Morgan fingerprint density at radius 3 is 1.96 bits per heavy atom. The van der Waals surface area contributed by atoms with Crippen molar-refractivity contribution in [2.24, 2.45) is 23.2 Å². The SMILES string of the molecule is COc1cccc(OC)c1C(=O)N[C@H](C)C12CC3CC(CC(C3)C1)C2. The minimum Gasteiger partial charge on any atom is -0.496 e. The lowest BCUT2D eigenvalue weighted by molar-refractivity contribution is -0.0688. The average molecular weight is 343 g/mol. The van der Waals surface area contributed by atoms with Crippen LogP contribution in [-0.2, 0) is 0 Å². The molecule has 1 amide bonds. The molecule has 4 nitrogen and oxygen atoms in total. The van der Waals surface area contributed by atoms with Gasteiger partial charge >= 0.3 is 0 Å². The molecule has 136 valence electrons. The van der Waals surface area contributed by atoms with Crippen LogP contribution in [0.25, 0.3) is 0 Å². The number of hydrogen-bond donors (Lipinski definition) is 1. The molecule has 0 aliphatic heterocycles. The molecule has 4 bridgehead atoms. The van der Waals surface area contributed by atoms with Gasteiger partial charge in [-0.2, -0.15) is 0 Å². The Morgan fingerprint density at radius 2 is 1.52 bits per heavy atom. The summed E-state index contributed by atoms with van der Waals surface area (Å²) in [5.41, 5.74) is 0.795. The zero-order valence-corrected chi connectivity index (χ0v) is 15.5. The first kappa shape index (κ1) is 16.7. The highest BCUT2D eigenvalue weighted by molar-refractivity contribution is 5.99. The molecule has 4 aliphatic carbocycles. The maximum atomic E-state index is 13.0. The lowest BCUT2D eigenvalue weighted by atomic mass is 9.48. The van der Waals surface area contributed by atoms with Gasteiger partial charge in [-0.3, -0.25) is 4.79 Å². The zero-order chi connectivity index (χ0) is 17.6. The van der Waals surface area contributed by atoms with Crippen LogP contribution in [0.2, 0.25) is 0 Å². The van der Waals surface area contributed by atoms with Crippen LogP contribution < -0.4 is 14.8 Å². The van der Waals surface area contributed by atoms with Crippen LogP contribution >= 0.6 is 0 Å². The molecule has 0 heterocycles. The molecule has 0 saturated heterocycles. The summed E-state index contributed by atoms with van der Waals surface area (Å²) in [4.78, 5) is 13.0. The minimum absolute atomic E-state index is 0.0856. The summed E-state index contributed by atoms with van der Waals surface area (Å²) in [6.07, 6.45) is 8.09. The lowest BCUT2D eigenvalue weighted by Crippen LogP contribution is -2.55. The number of benzene rings is 1. The third-order valence-electron chi connectivity index (χ3n) is 7.01. The summed E-state index contributed by atoms with van der Waals surface area (Å²) in [6.45, 7) is 2.20. The lowest BCUT2D eigenvalue weighted by Gasteiger charge is -2.59. The molecule has 4 heteroatoms. The topological polar surface area (TPSA) is 47.6 Å². The predicted molar refractivity (Wildman–Crippen MR) is 97.1 cm³/mol. The Kier molecular flexibility index (Phi) is 4.17. The molecule has 0 aromatic heterocycles. The van der Waals surface area contributed by atoms with E-state index in [-0.39, 0.29) is 11.9 Å². The molecule has 0 radical (unpaired) electrons. The second-order valence-electron chi connectivity index (χ2n) is 8.51. The Hall–Kier alpha value is -1.71. The predicted octanol–water partition coefficient (Wildman–Crippen LogP) is 4.04. The van der Waals surface area contributed by atoms with Crippen molar-refractivity contribution in [2.75, 3.05) is 14.2 Å². The second kappa shape index (κ2) is 6.22. The summed E-state index contributed by atoms with van der Waals surface area (Å²) in [7, 11) is 3.18. The van der Waals surface area contributed by atoms with Crippen molar-refractivity contribution in [1.29, 1.82) is 0 Å². The van der Waals surface area contributed by atoms with Crippen LogP contribution in [0.1, 0.15) is 55.8 Å². The van der Waals surface area contributed by atoms with Gasteiger partial charge in [-0.05, 0) is 80.8 Å². The Morgan fingerprint density at radius 1 is 1.04 bits per heavy atom. The monoisotopic (exact) mass is 343 g/mol. The second-order valence-corrected chi connectivity index (χ2v) is 8.51. The Labute approximate surface area is 150 Å². The standard InChI is InChI=1S/C21H29NO3/c1-13(21-10-14-7-15(11-21)9-16(8-14)12-21)22-20(23)19-17(24-2)5-4-6-18(19)25-3/h4-6,13-16H,7-12H2,1-3H3,(H,22,23)/t13-,14?,15?,16?,21?/m1/s1. The number of rotatable bonds is 5. The Balaban J connectivity index is 1.55. The molecule has 5 rings (SSSR count). The first-order valence-corrected chi connectivity index (χ1v) is 9.56. The fourth-order valence-corrected chi connectivity index (χ4v) is 6.20. The maximum absolute atomic E-state index is 13.0. The summed E-state index contributed by atoms with van der Waals surface area (Å²) in [6, 6.07) is 5.65. The van der Waals surface area contributed by atoms with Gasteiger partial charge in [0.2, 0.25) is 0 Å². The van der Waals surface area contributed by atoms with Crippen molar-refractivity contribution in [1.82, 2.24) is 5.32 Å². The van der Waals surface area contributed by atoms with E-state index in [0.717, 1.165) is 17.8 Å². The van der Waals surface area contributed by atoms with Gasteiger partial charge in [0.05, 0.1) is 14.2 Å². The van der Waals surface area contributed by atoms with E-state index in [0.29, 0.717) is 22.5 Å². The Bertz CT molecular complexity index is 612. The first-order valence-electron chi connectivity index (χ1n) is 9.56. The van der Waals surface area contributed by atoms with E-state index < -0.39 is 0 Å². The number of nitrogens with one attached hydrogen (secondary N) is 1. The summed E-state index contributed by atoms with van der Waals surface area (Å²) in [5, 5.41) is 3.30. The quantitative estimate of drug-likeness (QED) is 0.878. The summed E-state index contributed by atoms with van der Waals surface area (Å²) in [5.74, 6) is 3.69.